The fourth-order valence-corrected chi connectivity index (χ4v) is 4.29. The van der Waals surface area contributed by atoms with Crippen molar-refractivity contribution in [3.8, 4) is 10.6 Å². The van der Waals surface area contributed by atoms with Crippen LogP contribution in [0.5, 0.6) is 0 Å². The van der Waals surface area contributed by atoms with Gasteiger partial charge in [0.25, 0.3) is 5.91 Å². The van der Waals surface area contributed by atoms with E-state index in [1.807, 2.05) is 35.7 Å². The fraction of sp³-hybridized carbons (Fsp3) is 0.0526. The Labute approximate surface area is 162 Å². The predicted molar refractivity (Wildman–Crippen MR) is 109 cm³/mol. The summed E-state index contributed by atoms with van der Waals surface area (Å²) >= 11 is 2.75. The molecular formula is C19H14N4O2S2. The van der Waals surface area contributed by atoms with Crippen molar-refractivity contribution < 1.29 is 9.59 Å². The van der Waals surface area contributed by atoms with E-state index in [2.05, 4.69) is 20.6 Å². The Morgan fingerprint density at radius 2 is 1.96 bits per heavy atom. The number of hydrogen-bond donors (Lipinski definition) is 2. The number of thiazole rings is 1. The smallest absolute Gasteiger partial charge is 0.257 e. The second kappa shape index (κ2) is 7.26. The van der Waals surface area contributed by atoms with Crippen LogP contribution in [0.15, 0.2) is 54.0 Å². The molecule has 4 rings (SSSR count). The van der Waals surface area contributed by atoms with Gasteiger partial charge in [-0.05, 0) is 35.7 Å². The molecule has 4 aromatic rings. The molecule has 3 aromatic heterocycles. The topological polar surface area (TPSA) is 84.0 Å². The van der Waals surface area contributed by atoms with Crippen LogP contribution in [0.4, 0.5) is 10.1 Å². The van der Waals surface area contributed by atoms with Gasteiger partial charge in [0, 0.05) is 24.1 Å². The highest BCUT2D eigenvalue weighted by atomic mass is 32.1. The summed E-state index contributed by atoms with van der Waals surface area (Å²) in [6.45, 7) is 1.44. The molecule has 3 heterocycles. The van der Waals surface area contributed by atoms with E-state index in [1.165, 1.54) is 29.6 Å². The molecule has 0 spiro atoms. The highest BCUT2D eigenvalue weighted by molar-refractivity contribution is 7.21. The largest absolute Gasteiger partial charge is 0.316 e. The van der Waals surface area contributed by atoms with Crippen LogP contribution < -0.4 is 10.6 Å². The molecule has 0 fully saturated rings. The molecule has 0 aliphatic rings. The van der Waals surface area contributed by atoms with Crippen molar-refractivity contribution in [2.45, 2.75) is 6.92 Å². The van der Waals surface area contributed by atoms with Crippen molar-refractivity contribution >= 4 is 55.5 Å². The standard InChI is InChI=1S/C19H14N4O2S2/c1-11(24)21-18-16(15-5-3-9-26-15)22-19(27-18)23-17(25)13-6-7-14-12(10-13)4-2-8-20-14/h2-10H,1H3,(H,21,24)(H,22,23,25). The molecule has 6 nitrogen and oxygen atoms in total. The number of thiophene rings is 1. The maximum Gasteiger partial charge on any atom is 0.257 e. The van der Waals surface area contributed by atoms with Crippen molar-refractivity contribution in [2.75, 3.05) is 10.6 Å². The fourth-order valence-electron chi connectivity index (χ4n) is 2.58. The van der Waals surface area contributed by atoms with Gasteiger partial charge in [0.2, 0.25) is 5.91 Å². The highest BCUT2D eigenvalue weighted by Gasteiger charge is 2.17. The average Bonchev–Trinajstić information content (AvgIpc) is 3.30. The van der Waals surface area contributed by atoms with Gasteiger partial charge in [-0.2, -0.15) is 0 Å². The van der Waals surface area contributed by atoms with Gasteiger partial charge < -0.3 is 5.32 Å². The molecule has 0 aliphatic heterocycles. The Bertz CT molecular complexity index is 1140. The van der Waals surface area contributed by atoms with Crippen molar-refractivity contribution in [1.82, 2.24) is 9.97 Å². The monoisotopic (exact) mass is 394 g/mol. The lowest BCUT2D eigenvalue weighted by Gasteiger charge is -2.03. The molecule has 0 saturated carbocycles. The molecule has 27 heavy (non-hydrogen) atoms. The van der Waals surface area contributed by atoms with E-state index in [1.54, 1.807) is 18.3 Å². The zero-order chi connectivity index (χ0) is 18.8. The minimum Gasteiger partial charge on any atom is -0.316 e. The van der Waals surface area contributed by atoms with E-state index in [0.29, 0.717) is 21.4 Å². The maximum absolute atomic E-state index is 12.6. The van der Waals surface area contributed by atoms with E-state index >= 15 is 0 Å². The van der Waals surface area contributed by atoms with Crippen LogP contribution in [-0.4, -0.2) is 21.8 Å². The third kappa shape index (κ3) is 3.71. The molecule has 134 valence electrons. The van der Waals surface area contributed by atoms with E-state index in [9.17, 15) is 9.59 Å². The van der Waals surface area contributed by atoms with Crippen LogP contribution in [0.25, 0.3) is 21.5 Å². The summed E-state index contributed by atoms with van der Waals surface area (Å²) in [5, 5.41) is 9.48. The number of carbonyl (C=O) groups is 2. The van der Waals surface area contributed by atoms with Gasteiger partial charge in [0.05, 0.1) is 10.4 Å². The second-order valence-electron chi connectivity index (χ2n) is 5.72. The SMILES string of the molecule is CC(=O)Nc1sc(NC(=O)c2ccc3ncccc3c2)nc1-c1cccs1. The van der Waals surface area contributed by atoms with Crippen molar-refractivity contribution in [1.29, 1.82) is 0 Å². The molecule has 0 bridgehead atoms. The quantitative estimate of drug-likeness (QED) is 0.528. The van der Waals surface area contributed by atoms with Crippen LogP contribution in [0, 0.1) is 0 Å². The number of rotatable bonds is 4. The molecule has 0 atom stereocenters. The number of fused-ring (bicyclic) bond motifs is 1. The van der Waals surface area contributed by atoms with Crippen LogP contribution in [0.2, 0.25) is 0 Å². The molecule has 0 radical (unpaired) electrons. The lowest BCUT2D eigenvalue weighted by molar-refractivity contribution is -0.114. The Balaban J connectivity index is 1.63. The van der Waals surface area contributed by atoms with E-state index in [0.717, 1.165) is 15.8 Å². The number of nitrogens with one attached hydrogen (secondary N) is 2. The molecule has 8 heteroatoms. The number of anilines is 2. The lowest BCUT2D eigenvalue weighted by Crippen LogP contribution is -2.11. The summed E-state index contributed by atoms with van der Waals surface area (Å²) in [6.07, 6.45) is 1.72. The van der Waals surface area contributed by atoms with E-state index in [-0.39, 0.29) is 11.8 Å². The van der Waals surface area contributed by atoms with Crippen LogP contribution in [0.3, 0.4) is 0 Å². The first-order valence-electron chi connectivity index (χ1n) is 8.08. The van der Waals surface area contributed by atoms with Gasteiger partial charge in [0.15, 0.2) is 5.13 Å². The summed E-state index contributed by atoms with van der Waals surface area (Å²) < 4.78 is 0. The summed E-state index contributed by atoms with van der Waals surface area (Å²) in [4.78, 5) is 33.8. The minimum absolute atomic E-state index is 0.184. The number of amides is 2. The molecule has 0 saturated heterocycles. The first-order chi connectivity index (χ1) is 13.1. The van der Waals surface area contributed by atoms with E-state index < -0.39 is 0 Å². The van der Waals surface area contributed by atoms with Crippen molar-refractivity contribution in [2.24, 2.45) is 0 Å². The van der Waals surface area contributed by atoms with Gasteiger partial charge in [-0.15, -0.1) is 11.3 Å². The number of aromatic nitrogens is 2. The Kier molecular flexibility index (Phi) is 4.66. The first-order valence-corrected chi connectivity index (χ1v) is 9.78. The number of nitrogens with zero attached hydrogens (tertiary/aromatic N) is 2. The van der Waals surface area contributed by atoms with E-state index in [4.69, 9.17) is 0 Å². The van der Waals surface area contributed by atoms with Gasteiger partial charge >= 0.3 is 0 Å². The minimum atomic E-state index is -0.262. The summed E-state index contributed by atoms with van der Waals surface area (Å²) in [5.74, 6) is -0.446. The molecule has 1 aromatic carbocycles. The normalized spacial score (nSPS) is 10.7. The molecule has 0 unspecified atom stereocenters. The van der Waals surface area contributed by atoms with Gasteiger partial charge in [-0.1, -0.05) is 23.5 Å². The zero-order valence-electron chi connectivity index (χ0n) is 14.2. The Hall–Kier alpha value is -3.10. The molecule has 2 amide bonds. The second-order valence-corrected chi connectivity index (χ2v) is 7.67. The number of carbonyl (C=O) groups excluding carboxylic acids is 2. The lowest BCUT2D eigenvalue weighted by atomic mass is 10.1. The summed E-state index contributed by atoms with van der Waals surface area (Å²) in [5.41, 5.74) is 2.00. The summed E-state index contributed by atoms with van der Waals surface area (Å²) in [6, 6.07) is 12.9. The average molecular weight is 394 g/mol. The predicted octanol–water partition coefficient (Wildman–Crippen LogP) is 4.63. The zero-order valence-corrected chi connectivity index (χ0v) is 15.9. The molecule has 2 N–H and O–H groups in total. The summed E-state index contributed by atoms with van der Waals surface area (Å²) in [7, 11) is 0. The van der Waals surface area contributed by atoms with Gasteiger partial charge in [0.1, 0.15) is 10.7 Å². The third-order valence-corrected chi connectivity index (χ3v) is 5.52. The molecule has 0 aliphatic carbocycles. The first kappa shape index (κ1) is 17.3. The number of pyridine rings is 1. The highest BCUT2D eigenvalue weighted by Crippen LogP contribution is 2.38. The number of hydrogen-bond acceptors (Lipinski definition) is 6. The van der Waals surface area contributed by atoms with Gasteiger partial charge in [-0.25, -0.2) is 4.98 Å². The van der Waals surface area contributed by atoms with Crippen LogP contribution in [0.1, 0.15) is 17.3 Å². The molecular weight excluding hydrogens is 380 g/mol. The Morgan fingerprint density at radius 1 is 1.07 bits per heavy atom. The van der Waals surface area contributed by atoms with Crippen LogP contribution in [-0.2, 0) is 4.79 Å². The van der Waals surface area contributed by atoms with Crippen LogP contribution >= 0.6 is 22.7 Å². The van der Waals surface area contributed by atoms with Gasteiger partial charge in [-0.3, -0.25) is 19.9 Å². The third-order valence-electron chi connectivity index (χ3n) is 3.76. The number of benzene rings is 1. The Morgan fingerprint density at radius 3 is 2.74 bits per heavy atom. The van der Waals surface area contributed by atoms with Crippen molar-refractivity contribution in [3.05, 3.63) is 59.6 Å². The maximum atomic E-state index is 12.6. The van der Waals surface area contributed by atoms with Crippen molar-refractivity contribution in [3.63, 3.8) is 0 Å².